The lowest BCUT2D eigenvalue weighted by Crippen LogP contribution is -2.59. The summed E-state index contributed by atoms with van der Waals surface area (Å²) in [4.78, 5) is 70.6. The van der Waals surface area contributed by atoms with Crippen molar-refractivity contribution >= 4 is 41.1 Å². The summed E-state index contributed by atoms with van der Waals surface area (Å²) in [5.41, 5.74) is 0.177. The van der Waals surface area contributed by atoms with Crippen LogP contribution in [-0.4, -0.2) is 81.1 Å². The van der Waals surface area contributed by atoms with Gasteiger partial charge in [0.05, 0.1) is 18.8 Å². The number of aliphatic hydroxyl groups is 1. The van der Waals surface area contributed by atoms with Crippen LogP contribution >= 0.6 is 11.6 Å². The zero-order valence-corrected chi connectivity index (χ0v) is 29.7. The molecule has 4 amide bonds. The van der Waals surface area contributed by atoms with Crippen molar-refractivity contribution in [1.29, 1.82) is 0 Å². The molecule has 0 spiro atoms. The van der Waals surface area contributed by atoms with E-state index >= 15 is 8.78 Å². The van der Waals surface area contributed by atoms with E-state index < -0.39 is 60.5 Å². The smallest absolute Gasteiger partial charge is 0.412 e. The maximum Gasteiger partial charge on any atom is 0.412 e. The average Bonchev–Trinajstić information content (AvgIpc) is 3.15. The van der Waals surface area contributed by atoms with Gasteiger partial charge in [0.15, 0.2) is 0 Å². The molecule has 0 aliphatic rings. The topological polar surface area (TPSA) is 172 Å². The number of benzene rings is 3. The summed E-state index contributed by atoms with van der Waals surface area (Å²) < 4.78 is 37.1. The molecule has 2 unspecified atom stereocenters. The molecule has 0 saturated heterocycles. The van der Waals surface area contributed by atoms with Crippen molar-refractivity contribution in [2.75, 3.05) is 25.0 Å². The number of hydrogen-bond donors (Lipinski definition) is 4. The van der Waals surface area contributed by atoms with Gasteiger partial charge in [0.1, 0.15) is 30.8 Å². The normalized spacial score (nSPS) is 12.3. The number of hydrogen-bond acceptors (Lipinski definition) is 8. The minimum Gasteiger partial charge on any atom is -0.444 e. The summed E-state index contributed by atoms with van der Waals surface area (Å²) in [7, 11) is 0. The molecular weight excluding hydrogens is 714 g/mol. The molecule has 0 saturated carbocycles. The Kier molecular flexibility index (Phi) is 14.2. The van der Waals surface area contributed by atoms with Gasteiger partial charge in [-0.3, -0.25) is 29.1 Å². The minimum absolute atomic E-state index is 0.0569. The van der Waals surface area contributed by atoms with Crippen LogP contribution in [-0.2, 0) is 38.7 Å². The molecule has 53 heavy (non-hydrogen) atoms. The lowest BCUT2D eigenvalue weighted by molar-refractivity contribution is -0.168. The number of likely N-dealkylation sites (N-methyl/N-ethyl adjacent to an activating group) is 1. The number of halogens is 3. The van der Waals surface area contributed by atoms with Crippen LogP contribution in [0.1, 0.15) is 25.0 Å². The molecule has 16 heteroatoms. The molecule has 2 atom stereocenters. The van der Waals surface area contributed by atoms with E-state index in [0.717, 1.165) is 10.8 Å². The van der Waals surface area contributed by atoms with Crippen molar-refractivity contribution in [3.8, 4) is 11.4 Å². The van der Waals surface area contributed by atoms with Crippen LogP contribution < -0.4 is 21.5 Å². The number of carbonyl (C=O) groups excluding carboxylic acids is 4. The second kappa shape index (κ2) is 18.7. The number of nitrogens with zero attached hydrogens (tertiary/aromatic N) is 3. The maximum atomic E-state index is 15.5. The van der Waals surface area contributed by atoms with Crippen LogP contribution in [0, 0.1) is 0 Å². The van der Waals surface area contributed by atoms with Gasteiger partial charge < -0.3 is 25.4 Å². The van der Waals surface area contributed by atoms with Gasteiger partial charge in [0, 0.05) is 23.7 Å². The van der Waals surface area contributed by atoms with Gasteiger partial charge in [0.25, 0.3) is 11.5 Å². The quantitative estimate of drug-likeness (QED) is 0.133. The molecule has 1 heterocycles. The Hall–Kier alpha value is -5.67. The van der Waals surface area contributed by atoms with Crippen molar-refractivity contribution in [1.82, 2.24) is 25.1 Å². The fourth-order valence-electron chi connectivity index (χ4n) is 5.31. The first kappa shape index (κ1) is 40.1. The van der Waals surface area contributed by atoms with Crippen molar-refractivity contribution in [2.45, 2.75) is 51.5 Å². The van der Waals surface area contributed by atoms with E-state index in [1.807, 2.05) is 5.32 Å². The number of alkyl halides is 2. The van der Waals surface area contributed by atoms with Crippen LogP contribution in [0.15, 0.2) is 95.9 Å². The van der Waals surface area contributed by atoms with E-state index in [0.29, 0.717) is 29.8 Å². The number of nitrogens with one attached hydrogen (secondary N) is 3. The number of ether oxygens (including phenoxy) is 1. The van der Waals surface area contributed by atoms with Gasteiger partial charge in [-0.2, -0.15) is 8.78 Å². The van der Waals surface area contributed by atoms with Crippen molar-refractivity contribution in [3.05, 3.63) is 118 Å². The molecule has 0 bridgehead atoms. The van der Waals surface area contributed by atoms with Gasteiger partial charge in [-0.25, -0.2) is 9.78 Å². The number of carbonyl (C=O) groups is 4. The van der Waals surface area contributed by atoms with Gasteiger partial charge >= 0.3 is 12.0 Å². The largest absolute Gasteiger partial charge is 0.444 e. The third-order valence-corrected chi connectivity index (χ3v) is 8.33. The Morgan fingerprint density at radius 3 is 2.23 bits per heavy atom. The molecule has 13 nitrogen and oxygen atoms in total. The van der Waals surface area contributed by atoms with Crippen LogP contribution in [0.25, 0.3) is 11.4 Å². The molecule has 280 valence electrons. The Labute approximate surface area is 308 Å². The second-order valence-corrected chi connectivity index (χ2v) is 12.2. The van der Waals surface area contributed by atoms with Crippen molar-refractivity contribution < 1.29 is 37.8 Å². The number of aromatic nitrogens is 2. The summed E-state index contributed by atoms with van der Waals surface area (Å²) in [6.07, 6.45) is -3.03. The van der Waals surface area contributed by atoms with Crippen LogP contribution in [0.2, 0.25) is 5.02 Å². The van der Waals surface area contributed by atoms with E-state index in [2.05, 4.69) is 15.6 Å². The summed E-state index contributed by atoms with van der Waals surface area (Å²) >= 11 is 6.18. The summed E-state index contributed by atoms with van der Waals surface area (Å²) in [6, 6.07) is 21.3. The maximum absolute atomic E-state index is 15.5. The molecule has 0 aliphatic carbocycles. The van der Waals surface area contributed by atoms with E-state index in [1.54, 1.807) is 92.7 Å². The van der Waals surface area contributed by atoms with Gasteiger partial charge in [-0.05, 0) is 43.5 Å². The molecule has 0 radical (unpaired) electrons. The van der Waals surface area contributed by atoms with E-state index in [-0.39, 0.29) is 29.6 Å². The molecule has 0 fully saturated rings. The molecular formula is C37H39ClF2N6O7. The number of anilines is 1. The fourth-order valence-corrected chi connectivity index (χ4v) is 5.50. The highest BCUT2D eigenvalue weighted by molar-refractivity contribution is 6.30. The Balaban J connectivity index is 1.60. The first-order valence-electron chi connectivity index (χ1n) is 16.6. The zero-order valence-electron chi connectivity index (χ0n) is 28.9. The Morgan fingerprint density at radius 1 is 0.962 bits per heavy atom. The van der Waals surface area contributed by atoms with Gasteiger partial charge in [0.2, 0.25) is 11.8 Å². The molecule has 4 aromatic rings. The first-order chi connectivity index (χ1) is 25.3. The minimum atomic E-state index is -4.47. The van der Waals surface area contributed by atoms with Crippen LogP contribution in [0.5, 0.6) is 0 Å². The van der Waals surface area contributed by atoms with Crippen molar-refractivity contribution in [3.63, 3.8) is 0 Å². The van der Waals surface area contributed by atoms with Crippen LogP contribution in [0.4, 0.5) is 19.3 Å². The monoisotopic (exact) mass is 752 g/mol. The zero-order chi connectivity index (χ0) is 38.5. The Bertz CT molecular complexity index is 1950. The molecule has 1 aromatic heterocycles. The Morgan fingerprint density at radius 2 is 1.60 bits per heavy atom. The predicted octanol–water partition coefficient (Wildman–Crippen LogP) is 4.02. The first-order valence-corrected chi connectivity index (χ1v) is 17.0. The SMILES string of the molecule is CCN(CC)C(=O)CNC(=O)C(F)(F)C(O)C(Cc1ccccc1)NC(=O)Cn1c(-c2cccc(Cl)c2)ncc(NC(=O)OCc2ccccc2)c1=O. The number of amides is 4. The predicted molar refractivity (Wildman–Crippen MR) is 193 cm³/mol. The number of rotatable bonds is 16. The lowest BCUT2D eigenvalue weighted by atomic mass is 9.96. The second-order valence-electron chi connectivity index (χ2n) is 11.8. The molecule has 4 N–H and O–H groups in total. The van der Waals surface area contributed by atoms with E-state index in [4.69, 9.17) is 16.3 Å². The van der Waals surface area contributed by atoms with Crippen LogP contribution in [0.3, 0.4) is 0 Å². The third kappa shape index (κ3) is 10.9. The van der Waals surface area contributed by atoms with Gasteiger partial charge in [-0.1, -0.05) is 84.4 Å². The number of aliphatic hydroxyl groups excluding tert-OH is 1. The van der Waals surface area contributed by atoms with E-state index in [9.17, 15) is 29.1 Å². The lowest BCUT2D eigenvalue weighted by Gasteiger charge is -2.30. The summed E-state index contributed by atoms with van der Waals surface area (Å²) in [5.74, 6) is -8.06. The van der Waals surface area contributed by atoms with E-state index in [1.165, 1.54) is 11.0 Å². The molecule has 3 aromatic carbocycles. The highest BCUT2D eigenvalue weighted by atomic mass is 35.5. The summed E-state index contributed by atoms with van der Waals surface area (Å²) in [5, 5.41) is 17.8. The standard InChI is InChI=1S/C37H39ClF2N6O7/c1-3-45(4-2)31(48)21-42-35(51)37(39,40)32(49)28(18-24-12-7-5-8-13-24)43-30(47)22-46-33(26-16-11-17-27(38)19-26)41-20-29(34(46)50)44-36(52)53-23-25-14-9-6-10-15-25/h5-17,19-20,28,32,49H,3-4,18,21-23H2,1-2H3,(H,42,51)(H,43,47)(H,44,52). The third-order valence-electron chi connectivity index (χ3n) is 8.10. The van der Waals surface area contributed by atoms with Gasteiger partial charge in [-0.15, -0.1) is 0 Å². The highest BCUT2D eigenvalue weighted by Gasteiger charge is 2.50. The highest BCUT2D eigenvalue weighted by Crippen LogP contribution is 2.25. The fraction of sp³-hybridized carbons (Fsp3) is 0.297. The van der Waals surface area contributed by atoms with Crippen molar-refractivity contribution in [2.24, 2.45) is 0 Å². The average molecular weight is 753 g/mol. The molecule has 4 rings (SSSR count). The molecule has 0 aliphatic heterocycles. The summed E-state index contributed by atoms with van der Waals surface area (Å²) in [6.45, 7) is 2.32.